The number of rotatable bonds is 8. The van der Waals surface area contributed by atoms with Gasteiger partial charge in [-0.3, -0.25) is 0 Å². The number of anilines is 4. The molecule has 0 saturated carbocycles. The zero-order valence-electron chi connectivity index (χ0n) is 16.7. The summed E-state index contributed by atoms with van der Waals surface area (Å²) < 4.78 is 10.6. The number of para-hydroxylation sites is 1. The molecule has 0 amide bonds. The number of benzene rings is 2. The first-order valence-electron chi connectivity index (χ1n) is 9.47. The Kier molecular flexibility index (Phi) is 6.63. The summed E-state index contributed by atoms with van der Waals surface area (Å²) in [5, 5.41) is 6.38. The molecule has 29 heavy (non-hydrogen) atoms. The van der Waals surface area contributed by atoms with Gasteiger partial charge in [0.05, 0.1) is 24.5 Å². The number of aromatic nitrogens is 2. The van der Waals surface area contributed by atoms with Gasteiger partial charge in [-0.25, -0.2) is 9.78 Å². The highest BCUT2D eigenvalue weighted by Crippen LogP contribution is 2.23. The number of carbonyl (C=O) groups excluding carboxylic acids is 1. The highest BCUT2D eigenvalue weighted by Gasteiger charge is 2.13. The van der Waals surface area contributed by atoms with Crippen LogP contribution in [0.25, 0.3) is 0 Å². The minimum absolute atomic E-state index is 0.315. The minimum Gasteiger partial charge on any atom is -0.494 e. The van der Waals surface area contributed by atoms with Crippen LogP contribution in [0, 0.1) is 6.92 Å². The van der Waals surface area contributed by atoms with Gasteiger partial charge in [-0.2, -0.15) is 4.98 Å². The summed E-state index contributed by atoms with van der Waals surface area (Å²) in [4.78, 5) is 21.1. The van der Waals surface area contributed by atoms with Gasteiger partial charge in [0.2, 0.25) is 5.95 Å². The third-order valence-corrected chi connectivity index (χ3v) is 3.96. The van der Waals surface area contributed by atoms with Gasteiger partial charge in [-0.1, -0.05) is 12.1 Å². The van der Waals surface area contributed by atoms with E-state index in [0.717, 1.165) is 17.1 Å². The first-order chi connectivity index (χ1) is 14.1. The molecule has 0 atom stereocenters. The molecule has 0 spiro atoms. The van der Waals surface area contributed by atoms with Crippen LogP contribution in [0.3, 0.4) is 0 Å². The van der Waals surface area contributed by atoms with E-state index in [0.29, 0.717) is 36.2 Å². The predicted molar refractivity (Wildman–Crippen MR) is 113 cm³/mol. The maximum atomic E-state index is 12.2. The average molecular weight is 392 g/mol. The maximum absolute atomic E-state index is 12.2. The van der Waals surface area contributed by atoms with E-state index in [1.807, 2.05) is 56.3 Å². The Labute approximate surface area is 170 Å². The molecule has 2 aromatic carbocycles. The maximum Gasteiger partial charge on any atom is 0.340 e. The van der Waals surface area contributed by atoms with E-state index >= 15 is 0 Å². The molecule has 0 bridgehead atoms. The molecule has 0 radical (unpaired) electrons. The van der Waals surface area contributed by atoms with Crippen molar-refractivity contribution in [2.45, 2.75) is 20.8 Å². The zero-order valence-corrected chi connectivity index (χ0v) is 16.7. The van der Waals surface area contributed by atoms with Gasteiger partial charge in [0.15, 0.2) is 0 Å². The van der Waals surface area contributed by atoms with Gasteiger partial charge in [0.1, 0.15) is 11.6 Å². The predicted octanol–water partition coefficient (Wildman–Crippen LogP) is 4.85. The second kappa shape index (κ2) is 9.54. The van der Waals surface area contributed by atoms with Crippen molar-refractivity contribution in [1.29, 1.82) is 0 Å². The van der Waals surface area contributed by atoms with Crippen LogP contribution < -0.4 is 15.4 Å². The highest BCUT2D eigenvalue weighted by atomic mass is 16.5. The van der Waals surface area contributed by atoms with Gasteiger partial charge in [-0.05, 0) is 57.2 Å². The van der Waals surface area contributed by atoms with Crippen LogP contribution in [-0.2, 0) is 4.74 Å². The first kappa shape index (κ1) is 20.1. The molecule has 3 aromatic rings. The van der Waals surface area contributed by atoms with Crippen LogP contribution in [0.15, 0.2) is 54.6 Å². The number of carbonyl (C=O) groups is 1. The van der Waals surface area contributed by atoms with E-state index in [-0.39, 0.29) is 5.97 Å². The second-order valence-corrected chi connectivity index (χ2v) is 6.19. The van der Waals surface area contributed by atoms with E-state index in [1.165, 1.54) is 0 Å². The fourth-order valence-corrected chi connectivity index (χ4v) is 2.74. The van der Waals surface area contributed by atoms with Gasteiger partial charge in [0, 0.05) is 17.4 Å². The highest BCUT2D eigenvalue weighted by molar-refractivity contribution is 5.96. The monoisotopic (exact) mass is 392 g/mol. The number of esters is 1. The molecule has 0 fully saturated rings. The van der Waals surface area contributed by atoms with Crippen LogP contribution in [0.2, 0.25) is 0 Å². The molecule has 1 heterocycles. The van der Waals surface area contributed by atoms with Gasteiger partial charge in [-0.15, -0.1) is 0 Å². The lowest BCUT2D eigenvalue weighted by Gasteiger charge is -2.13. The van der Waals surface area contributed by atoms with Crippen molar-refractivity contribution in [3.8, 4) is 5.75 Å². The Balaban J connectivity index is 1.80. The molecule has 150 valence electrons. The lowest BCUT2D eigenvalue weighted by atomic mass is 10.2. The Bertz CT molecular complexity index is 974. The third kappa shape index (κ3) is 5.44. The van der Waals surface area contributed by atoms with Crippen molar-refractivity contribution in [3.05, 3.63) is 65.9 Å². The molecule has 0 aliphatic rings. The van der Waals surface area contributed by atoms with Crippen LogP contribution >= 0.6 is 0 Å². The van der Waals surface area contributed by atoms with Crippen LogP contribution in [-0.4, -0.2) is 29.2 Å². The van der Waals surface area contributed by atoms with Crippen molar-refractivity contribution in [1.82, 2.24) is 9.97 Å². The smallest absolute Gasteiger partial charge is 0.340 e. The number of nitrogens with one attached hydrogen (secondary N) is 2. The molecule has 0 aliphatic carbocycles. The summed E-state index contributed by atoms with van der Waals surface area (Å²) in [6.45, 7) is 6.54. The molecule has 2 N–H and O–H groups in total. The Morgan fingerprint density at radius 3 is 2.45 bits per heavy atom. The Morgan fingerprint density at radius 1 is 0.966 bits per heavy atom. The first-order valence-corrected chi connectivity index (χ1v) is 9.47. The number of hydrogen-bond acceptors (Lipinski definition) is 7. The molecule has 7 heteroatoms. The quantitative estimate of drug-likeness (QED) is 0.530. The number of nitrogens with zero attached hydrogens (tertiary/aromatic N) is 2. The molecular formula is C22H24N4O3. The van der Waals surface area contributed by atoms with Gasteiger partial charge < -0.3 is 20.1 Å². The number of hydrogen-bond donors (Lipinski definition) is 2. The molecule has 0 unspecified atom stereocenters. The Morgan fingerprint density at radius 2 is 1.72 bits per heavy atom. The fourth-order valence-electron chi connectivity index (χ4n) is 2.74. The van der Waals surface area contributed by atoms with Gasteiger partial charge in [0.25, 0.3) is 0 Å². The van der Waals surface area contributed by atoms with E-state index < -0.39 is 0 Å². The van der Waals surface area contributed by atoms with Gasteiger partial charge >= 0.3 is 5.97 Å². The van der Waals surface area contributed by atoms with E-state index in [9.17, 15) is 4.79 Å². The topological polar surface area (TPSA) is 85.4 Å². The summed E-state index contributed by atoms with van der Waals surface area (Å²) in [7, 11) is 0. The van der Waals surface area contributed by atoms with E-state index in [4.69, 9.17) is 9.47 Å². The van der Waals surface area contributed by atoms with Crippen LogP contribution in [0.5, 0.6) is 5.75 Å². The summed E-state index contributed by atoms with van der Waals surface area (Å²) in [5.74, 6) is 1.45. The summed E-state index contributed by atoms with van der Waals surface area (Å²) in [6, 6.07) is 16.5. The second-order valence-electron chi connectivity index (χ2n) is 6.19. The van der Waals surface area contributed by atoms with Crippen molar-refractivity contribution in [2.75, 3.05) is 23.8 Å². The molecular weight excluding hydrogens is 368 g/mol. The van der Waals surface area contributed by atoms with Crippen LogP contribution in [0.1, 0.15) is 29.9 Å². The SMILES string of the molecule is CCOC(=O)c1ccccc1Nc1cc(C)nc(Nc2ccc(OCC)cc2)n1. The molecule has 0 saturated heterocycles. The fraction of sp³-hybridized carbons (Fsp3) is 0.227. The lowest BCUT2D eigenvalue weighted by Crippen LogP contribution is -2.09. The minimum atomic E-state index is -0.380. The zero-order chi connectivity index (χ0) is 20.6. The third-order valence-electron chi connectivity index (χ3n) is 3.96. The normalized spacial score (nSPS) is 10.3. The van der Waals surface area contributed by atoms with E-state index in [2.05, 4.69) is 20.6 Å². The van der Waals surface area contributed by atoms with E-state index in [1.54, 1.807) is 19.1 Å². The Hall–Kier alpha value is -3.61. The molecule has 7 nitrogen and oxygen atoms in total. The molecule has 3 rings (SSSR count). The summed E-state index contributed by atoms with van der Waals surface area (Å²) in [5.41, 5.74) is 2.70. The average Bonchev–Trinajstić information content (AvgIpc) is 2.70. The summed E-state index contributed by atoms with van der Waals surface area (Å²) in [6.07, 6.45) is 0. The van der Waals surface area contributed by atoms with Crippen molar-refractivity contribution < 1.29 is 14.3 Å². The molecule has 1 aromatic heterocycles. The number of ether oxygens (including phenoxy) is 2. The largest absolute Gasteiger partial charge is 0.494 e. The molecule has 0 aliphatic heterocycles. The lowest BCUT2D eigenvalue weighted by molar-refractivity contribution is 0.0527. The van der Waals surface area contributed by atoms with Crippen molar-refractivity contribution in [3.63, 3.8) is 0 Å². The van der Waals surface area contributed by atoms with Crippen molar-refractivity contribution in [2.24, 2.45) is 0 Å². The number of aryl methyl sites for hydroxylation is 1. The standard InChI is InChI=1S/C22H24N4O3/c1-4-28-17-12-10-16(11-13-17)24-22-23-15(3)14-20(26-22)25-19-9-7-6-8-18(19)21(27)29-5-2/h6-14H,4-5H2,1-3H3,(H2,23,24,25,26). The van der Waals surface area contributed by atoms with Crippen LogP contribution in [0.4, 0.5) is 23.1 Å². The van der Waals surface area contributed by atoms with Crippen molar-refractivity contribution >= 4 is 29.1 Å². The summed E-state index contributed by atoms with van der Waals surface area (Å²) >= 11 is 0.